The van der Waals surface area contributed by atoms with Crippen molar-refractivity contribution in [3.05, 3.63) is 71.8 Å². The monoisotopic (exact) mass is 334 g/mol. The molecule has 2 aromatic rings. The Morgan fingerprint density at radius 3 is 2.24 bits per heavy atom. The molecule has 0 aliphatic carbocycles. The van der Waals surface area contributed by atoms with Crippen LogP contribution in [0.15, 0.2) is 65.8 Å². The molecular weight excluding hydrogens is 316 g/mol. The van der Waals surface area contributed by atoms with E-state index in [1.54, 1.807) is 13.1 Å². The number of hydrogen-bond acceptors (Lipinski definition) is 5. The SMILES string of the molecule is CCOC(=O)C1NN=CC(c2ccccc2)=C(c2ccccc2)C1=O. The summed E-state index contributed by atoms with van der Waals surface area (Å²) in [5.41, 5.74) is 5.31. The lowest BCUT2D eigenvalue weighted by Crippen LogP contribution is -2.41. The fourth-order valence-corrected chi connectivity index (χ4v) is 2.70. The van der Waals surface area contributed by atoms with E-state index in [0.29, 0.717) is 11.1 Å². The van der Waals surface area contributed by atoms with Gasteiger partial charge in [-0.2, -0.15) is 5.10 Å². The molecule has 0 saturated heterocycles. The fourth-order valence-electron chi connectivity index (χ4n) is 2.70. The maximum atomic E-state index is 13.1. The van der Waals surface area contributed by atoms with Crippen molar-refractivity contribution in [1.82, 2.24) is 5.43 Å². The first-order valence-electron chi connectivity index (χ1n) is 8.07. The molecule has 1 aliphatic rings. The molecule has 5 heteroatoms. The number of rotatable bonds is 4. The molecule has 5 nitrogen and oxygen atoms in total. The van der Waals surface area contributed by atoms with E-state index in [4.69, 9.17) is 4.74 Å². The van der Waals surface area contributed by atoms with Crippen LogP contribution in [-0.2, 0) is 14.3 Å². The van der Waals surface area contributed by atoms with Crippen LogP contribution in [0.25, 0.3) is 11.1 Å². The first-order valence-corrected chi connectivity index (χ1v) is 8.07. The van der Waals surface area contributed by atoms with Crippen LogP contribution in [0.2, 0.25) is 0 Å². The molecule has 0 amide bonds. The average Bonchev–Trinajstić information content (AvgIpc) is 2.82. The molecule has 1 heterocycles. The van der Waals surface area contributed by atoms with Crippen LogP contribution in [0.4, 0.5) is 0 Å². The highest BCUT2D eigenvalue weighted by Gasteiger charge is 2.34. The third kappa shape index (κ3) is 3.50. The average molecular weight is 334 g/mol. The molecule has 0 bridgehead atoms. The van der Waals surface area contributed by atoms with Gasteiger partial charge in [-0.25, -0.2) is 4.79 Å². The molecule has 126 valence electrons. The molecule has 2 aromatic carbocycles. The Kier molecular flexibility index (Phi) is 5.04. The number of nitrogens with one attached hydrogen (secondary N) is 1. The first kappa shape index (κ1) is 16.6. The van der Waals surface area contributed by atoms with E-state index in [-0.39, 0.29) is 12.4 Å². The van der Waals surface area contributed by atoms with Gasteiger partial charge in [0.15, 0.2) is 5.78 Å². The molecule has 1 unspecified atom stereocenters. The van der Waals surface area contributed by atoms with E-state index in [2.05, 4.69) is 10.5 Å². The molecule has 25 heavy (non-hydrogen) atoms. The smallest absolute Gasteiger partial charge is 0.338 e. The third-order valence-corrected chi connectivity index (χ3v) is 3.84. The van der Waals surface area contributed by atoms with Gasteiger partial charge in [-0.05, 0) is 18.1 Å². The van der Waals surface area contributed by atoms with Crippen molar-refractivity contribution in [2.24, 2.45) is 5.10 Å². The topological polar surface area (TPSA) is 67.8 Å². The lowest BCUT2D eigenvalue weighted by atomic mass is 9.90. The lowest BCUT2D eigenvalue weighted by molar-refractivity contribution is -0.147. The number of Topliss-reactive ketones (excluding diaryl/α,β-unsaturated/α-hetero) is 1. The summed E-state index contributed by atoms with van der Waals surface area (Å²) < 4.78 is 5.01. The van der Waals surface area contributed by atoms with Gasteiger partial charge in [0.25, 0.3) is 0 Å². The lowest BCUT2D eigenvalue weighted by Gasteiger charge is -2.15. The van der Waals surface area contributed by atoms with Crippen LogP contribution in [0, 0.1) is 0 Å². The van der Waals surface area contributed by atoms with Crippen molar-refractivity contribution >= 4 is 29.1 Å². The Balaban J connectivity index is 2.16. The molecule has 0 aromatic heterocycles. The Bertz CT molecular complexity index is 827. The molecule has 0 radical (unpaired) electrons. The standard InChI is InChI=1S/C20H18N2O3/c1-2-25-20(24)18-19(23)17(15-11-7-4-8-12-15)16(13-21-22-18)14-9-5-3-6-10-14/h3-13,18,22H,2H2,1H3. The van der Waals surface area contributed by atoms with E-state index >= 15 is 0 Å². The molecule has 1 atom stereocenters. The Hall–Kier alpha value is -3.21. The highest BCUT2D eigenvalue weighted by Crippen LogP contribution is 2.28. The number of benzene rings is 2. The number of carbonyl (C=O) groups is 2. The van der Waals surface area contributed by atoms with Crippen molar-refractivity contribution in [2.75, 3.05) is 6.61 Å². The van der Waals surface area contributed by atoms with Gasteiger partial charge in [0.05, 0.1) is 12.8 Å². The van der Waals surface area contributed by atoms with E-state index in [1.165, 1.54) is 0 Å². The van der Waals surface area contributed by atoms with Crippen LogP contribution in [0.1, 0.15) is 18.1 Å². The number of ketones is 1. The number of ether oxygens (including phenoxy) is 1. The second-order valence-corrected chi connectivity index (χ2v) is 5.46. The zero-order valence-electron chi connectivity index (χ0n) is 13.8. The number of nitrogens with zero attached hydrogens (tertiary/aromatic N) is 1. The molecule has 0 fully saturated rings. The van der Waals surface area contributed by atoms with Crippen LogP contribution in [-0.4, -0.2) is 30.6 Å². The van der Waals surface area contributed by atoms with E-state index in [0.717, 1.165) is 11.1 Å². The van der Waals surface area contributed by atoms with Crippen LogP contribution >= 0.6 is 0 Å². The highest BCUT2D eigenvalue weighted by atomic mass is 16.5. The number of hydrogen-bond donors (Lipinski definition) is 1. The number of hydrazone groups is 1. The maximum absolute atomic E-state index is 13.1. The van der Waals surface area contributed by atoms with Gasteiger partial charge >= 0.3 is 5.97 Å². The van der Waals surface area contributed by atoms with Crippen molar-refractivity contribution in [3.8, 4) is 0 Å². The van der Waals surface area contributed by atoms with Gasteiger partial charge < -0.3 is 4.74 Å². The molecular formula is C20H18N2O3. The van der Waals surface area contributed by atoms with Gasteiger partial charge in [-0.3, -0.25) is 10.2 Å². The minimum atomic E-state index is -1.16. The number of carbonyl (C=O) groups excluding carboxylic acids is 2. The summed E-state index contributed by atoms with van der Waals surface area (Å²) in [7, 11) is 0. The molecule has 3 rings (SSSR count). The van der Waals surface area contributed by atoms with E-state index in [9.17, 15) is 9.59 Å². The largest absolute Gasteiger partial charge is 0.464 e. The Morgan fingerprint density at radius 2 is 1.64 bits per heavy atom. The van der Waals surface area contributed by atoms with Gasteiger partial charge in [-0.15, -0.1) is 0 Å². The molecule has 1 N–H and O–H groups in total. The molecule has 1 aliphatic heterocycles. The zero-order chi connectivity index (χ0) is 17.6. The fraction of sp³-hybridized carbons (Fsp3) is 0.150. The van der Waals surface area contributed by atoms with Gasteiger partial charge in [0, 0.05) is 11.1 Å². The highest BCUT2D eigenvalue weighted by molar-refractivity contribution is 6.41. The second-order valence-electron chi connectivity index (χ2n) is 5.46. The van der Waals surface area contributed by atoms with Gasteiger partial charge in [-0.1, -0.05) is 60.7 Å². The van der Waals surface area contributed by atoms with E-state index in [1.807, 2.05) is 60.7 Å². The van der Waals surface area contributed by atoms with Crippen LogP contribution in [0.5, 0.6) is 0 Å². The summed E-state index contributed by atoms with van der Waals surface area (Å²) in [4.78, 5) is 25.3. The van der Waals surface area contributed by atoms with Gasteiger partial charge in [0.1, 0.15) is 0 Å². The van der Waals surface area contributed by atoms with Crippen LogP contribution in [0.3, 0.4) is 0 Å². The zero-order valence-corrected chi connectivity index (χ0v) is 13.8. The summed E-state index contributed by atoms with van der Waals surface area (Å²) in [6.45, 7) is 1.90. The first-order chi connectivity index (χ1) is 12.2. The summed E-state index contributed by atoms with van der Waals surface area (Å²) in [6, 6.07) is 17.6. The molecule has 0 spiro atoms. The van der Waals surface area contributed by atoms with Gasteiger partial charge in [0.2, 0.25) is 6.04 Å². The normalized spacial score (nSPS) is 17.0. The summed E-state index contributed by atoms with van der Waals surface area (Å²) in [6.07, 6.45) is 1.58. The minimum Gasteiger partial charge on any atom is -0.464 e. The Morgan fingerprint density at radius 1 is 1.04 bits per heavy atom. The Labute approximate surface area is 146 Å². The molecule has 0 saturated carbocycles. The van der Waals surface area contributed by atoms with E-state index < -0.39 is 12.0 Å². The third-order valence-electron chi connectivity index (χ3n) is 3.84. The number of allylic oxidation sites excluding steroid dienone is 1. The number of esters is 1. The van der Waals surface area contributed by atoms with Crippen molar-refractivity contribution < 1.29 is 14.3 Å². The second kappa shape index (κ2) is 7.57. The summed E-state index contributed by atoms with van der Waals surface area (Å²) in [5, 5.41) is 4.09. The van der Waals surface area contributed by atoms with Crippen LogP contribution < -0.4 is 5.43 Å². The van der Waals surface area contributed by atoms with Crippen molar-refractivity contribution in [2.45, 2.75) is 13.0 Å². The predicted octanol–water partition coefficient (Wildman–Crippen LogP) is 2.69. The summed E-state index contributed by atoms with van der Waals surface area (Å²) >= 11 is 0. The van der Waals surface area contributed by atoms with Crippen molar-refractivity contribution in [1.29, 1.82) is 0 Å². The quantitative estimate of drug-likeness (QED) is 0.689. The maximum Gasteiger partial charge on any atom is 0.338 e. The predicted molar refractivity (Wildman–Crippen MR) is 96.8 cm³/mol. The minimum absolute atomic E-state index is 0.198. The van der Waals surface area contributed by atoms with Crippen molar-refractivity contribution in [3.63, 3.8) is 0 Å². The summed E-state index contributed by atoms with van der Waals surface area (Å²) in [5.74, 6) is -0.992.